The van der Waals surface area contributed by atoms with Crippen molar-refractivity contribution in [2.45, 2.75) is 0 Å². The molecule has 0 bridgehead atoms. The van der Waals surface area contributed by atoms with E-state index in [0.29, 0.717) is 34.9 Å². The Morgan fingerprint density at radius 1 is 0.354 bits per heavy atom. The molecule has 16 aromatic rings. The van der Waals surface area contributed by atoms with Crippen molar-refractivity contribution >= 4 is 124 Å². The third-order valence-electron chi connectivity index (χ3n) is 13.9. The number of hydrogen-bond acceptors (Lipinski definition) is 12. The van der Waals surface area contributed by atoms with Gasteiger partial charge in [0.1, 0.15) is 44.7 Å². The first-order chi connectivity index (χ1) is 40.9. The molecule has 15 heteroatoms. The molecule has 391 valence electrons. The van der Waals surface area contributed by atoms with Crippen molar-refractivity contribution < 1.29 is 23.4 Å². The Balaban J connectivity index is 0.000000142. The summed E-state index contributed by atoms with van der Waals surface area (Å²) in [4.78, 5) is 29.1. The molecule has 0 amide bonds. The number of rotatable bonds is 6. The van der Waals surface area contributed by atoms with Crippen molar-refractivity contribution in [2.75, 3.05) is 7.15 Å². The van der Waals surface area contributed by atoms with E-state index in [-0.39, 0.29) is 0 Å². The molecule has 0 fully saturated rings. The first kappa shape index (κ1) is 50.3. The minimum atomic E-state index is -1.00. The fourth-order valence-corrected chi connectivity index (χ4v) is 10.7. The number of thiol groups is 1. The van der Waals surface area contributed by atoms with Crippen LogP contribution in [0.25, 0.3) is 156 Å². The number of halogens is 2. The summed E-state index contributed by atoms with van der Waals surface area (Å²) in [6.45, 7) is 0. The number of alkyl halides is 1. The molecule has 0 saturated carbocycles. The Morgan fingerprint density at radius 3 is 1.01 bits per heavy atom. The number of nitrogens with zero attached hydrogens (tertiary/aromatic N) is 7. The van der Waals surface area contributed by atoms with Crippen LogP contribution in [0.5, 0.6) is 0 Å². The Labute approximate surface area is 483 Å². The van der Waals surface area contributed by atoms with Crippen molar-refractivity contribution in [1.82, 2.24) is 29.9 Å². The maximum absolute atomic E-state index is 9.96. The van der Waals surface area contributed by atoms with Gasteiger partial charge in [0.15, 0.2) is 34.9 Å². The molecule has 0 N–H and O–H groups in total. The topological polar surface area (TPSA) is 142 Å². The van der Waals surface area contributed by atoms with Crippen molar-refractivity contribution in [3.63, 3.8) is 0 Å². The van der Waals surface area contributed by atoms with Crippen LogP contribution in [-0.2, 0) is 0 Å². The Kier molecular flexibility index (Phi) is 13.7. The molecule has 10 aromatic carbocycles. The van der Waals surface area contributed by atoms with E-state index in [2.05, 4.69) is 71.0 Å². The summed E-state index contributed by atoms with van der Waals surface area (Å²) in [7, 11) is 3.34. The molecular formula is C67H41BBrFN7O4S. The van der Waals surface area contributed by atoms with Crippen LogP contribution in [0.3, 0.4) is 0 Å². The minimum Gasteiger partial charge on any atom is -0.456 e. The molecule has 0 saturated heterocycles. The standard InChI is InChI=1S/C33H18BrN3O2.C33H19N3O2.CH3F.BHNS/c34-22-12-14-25-24(18-22)30-27(38-25)16-15-26-29(30)23-13-11-21(17-28(23)39-26)33-36-31(19-7-3-1-4-8-19)35-32(37-33)20-9-5-2-6-10-20;1-3-9-20(10-4-1)31-34-32(21-11-5-2-6-12-21)36-33(35-31)22-15-16-24-28(19-22)38-27-18-17-26-29(30(24)27)23-13-7-8-14-25(23)37-26;1-2;1-2-3/h1-18H;1-19H;1H3;3H/i;;1D;. The van der Waals surface area contributed by atoms with Crippen LogP contribution in [0.4, 0.5) is 4.39 Å². The normalized spacial score (nSPS) is 11.4. The SMILES string of the molecule is Brc1ccc2oc3ccc4oc5cc(-c6nc(-c7ccccc7)nc(-c7ccccc7)n6)ccc5c4c3c2c1.[2H]CF.[B]=NS.c1ccc(-c2nc(-c3ccccc3)nc(-c3ccc4c(c3)oc3ccc5oc6ccccc6c5c34)n2)cc1. The third kappa shape index (κ3) is 9.65. The minimum absolute atomic E-state index is 0.591. The van der Waals surface area contributed by atoms with Gasteiger partial charge in [0.25, 0.3) is 0 Å². The number of benzene rings is 10. The molecule has 11 nitrogen and oxygen atoms in total. The average molecular weight is 1150 g/mol. The van der Waals surface area contributed by atoms with E-state index in [9.17, 15) is 4.39 Å². The van der Waals surface area contributed by atoms with Crippen LogP contribution in [-0.4, -0.2) is 44.7 Å². The second-order valence-corrected chi connectivity index (χ2v) is 19.9. The van der Waals surface area contributed by atoms with Crippen LogP contribution >= 0.6 is 28.7 Å². The van der Waals surface area contributed by atoms with Gasteiger partial charge in [0, 0.05) is 80.9 Å². The summed E-state index contributed by atoms with van der Waals surface area (Å²) in [5, 5.41) is 8.39. The molecule has 16 rings (SSSR count). The number of aromatic nitrogens is 6. The van der Waals surface area contributed by atoms with Crippen LogP contribution in [0.1, 0.15) is 1.37 Å². The van der Waals surface area contributed by atoms with Gasteiger partial charge in [-0.1, -0.05) is 168 Å². The first-order valence-electron chi connectivity index (χ1n) is 26.4. The maximum atomic E-state index is 9.96. The number of para-hydroxylation sites is 1. The van der Waals surface area contributed by atoms with Crippen LogP contribution in [0, 0.1) is 0 Å². The number of hydrogen-bond donors (Lipinski definition) is 1. The fraction of sp³-hybridized carbons (Fsp3) is 0.0149. The van der Waals surface area contributed by atoms with Gasteiger partial charge >= 0.3 is 24.8 Å². The van der Waals surface area contributed by atoms with Gasteiger partial charge in [-0.2, -0.15) is 0 Å². The van der Waals surface area contributed by atoms with Crippen LogP contribution < -0.4 is 0 Å². The monoisotopic (exact) mass is 1150 g/mol. The Morgan fingerprint density at radius 2 is 0.634 bits per heavy atom. The zero-order valence-electron chi connectivity index (χ0n) is 44.1. The summed E-state index contributed by atoms with van der Waals surface area (Å²) in [5.41, 5.74) is 12.0. The second kappa shape index (κ2) is 22.3. The van der Waals surface area contributed by atoms with Gasteiger partial charge in [-0.05, 0) is 72.8 Å². The molecule has 0 aliphatic rings. The summed E-state index contributed by atoms with van der Waals surface area (Å²) >= 11 is 6.80. The van der Waals surface area contributed by atoms with E-state index in [1.807, 2.05) is 194 Å². The molecule has 0 aliphatic carbocycles. The molecule has 1 radical (unpaired) electrons. The molecule has 6 aromatic heterocycles. The van der Waals surface area contributed by atoms with Gasteiger partial charge in [-0.25, -0.2) is 29.9 Å². The zero-order chi connectivity index (χ0) is 56.4. The third-order valence-corrected chi connectivity index (χ3v) is 14.4. The molecular weight excluding hydrogens is 1110 g/mol. The van der Waals surface area contributed by atoms with Gasteiger partial charge in [-0.15, -0.1) is 0 Å². The van der Waals surface area contributed by atoms with E-state index in [1.165, 1.54) is 0 Å². The molecule has 82 heavy (non-hydrogen) atoms. The molecule has 6 heterocycles. The van der Waals surface area contributed by atoms with Gasteiger partial charge in [-0.3, -0.25) is 4.39 Å². The van der Waals surface area contributed by atoms with E-state index in [0.717, 1.165) is 126 Å². The van der Waals surface area contributed by atoms with Gasteiger partial charge in [0.2, 0.25) is 0 Å². The summed E-state index contributed by atoms with van der Waals surface area (Å²) in [5.74, 6) is 3.70. The molecule has 0 unspecified atom stereocenters. The predicted molar refractivity (Wildman–Crippen MR) is 333 cm³/mol. The Bertz CT molecular complexity index is 4940. The van der Waals surface area contributed by atoms with Gasteiger partial charge < -0.3 is 17.7 Å². The fourth-order valence-electron chi connectivity index (χ4n) is 10.3. The molecule has 0 spiro atoms. The number of fused-ring (bicyclic) bond motifs is 14. The van der Waals surface area contributed by atoms with Crippen LogP contribution in [0.15, 0.2) is 251 Å². The quantitative estimate of drug-likeness (QED) is 0.126. The van der Waals surface area contributed by atoms with Crippen molar-refractivity contribution in [3.05, 3.63) is 229 Å². The van der Waals surface area contributed by atoms with Crippen molar-refractivity contribution in [3.8, 4) is 68.3 Å². The summed E-state index contributed by atoms with van der Waals surface area (Å²) in [6.07, 6.45) is 0. The van der Waals surface area contributed by atoms with Crippen molar-refractivity contribution in [2.24, 2.45) is 4.30 Å². The van der Waals surface area contributed by atoms with Crippen molar-refractivity contribution in [1.29, 1.82) is 0 Å². The average Bonchev–Trinajstić information content (AvgIpc) is 2.85. The Hall–Kier alpha value is -9.96. The van der Waals surface area contributed by atoms with Crippen LogP contribution in [0.2, 0.25) is 0 Å². The molecule has 0 atom stereocenters. The second-order valence-electron chi connectivity index (χ2n) is 18.8. The summed E-state index contributed by atoms with van der Waals surface area (Å²) < 4.78 is 44.2. The smallest absolute Gasteiger partial charge is 0.164 e. The van der Waals surface area contributed by atoms with E-state index >= 15 is 0 Å². The van der Waals surface area contributed by atoms with E-state index in [4.69, 9.17) is 48.9 Å². The maximum Gasteiger partial charge on any atom is 0.164 e. The largest absolute Gasteiger partial charge is 0.456 e. The molecule has 0 aliphatic heterocycles. The zero-order valence-corrected chi connectivity index (χ0v) is 45.6. The first-order valence-corrected chi connectivity index (χ1v) is 26.9. The van der Waals surface area contributed by atoms with Gasteiger partial charge in [0.05, 0.1) is 8.52 Å². The predicted octanol–water partition coefficient (Wildman–Crippen LogP) is 18.9. The number of furan rings is 4. The van der Waals surface area contributed by atoms with E-state index in [1.54, 1.807) is 0 Å². The summed E-state index contributed by atoms with van der Waals surface area (Å²) in [6, 6.07) is 74.3. The van der Waals surface area contributed by atoms with E-state index < -0.39 is 7.15 Å².